The third-order valence-corrected chi connectivity index (χ3v) is 6.28. The molecule has 1 heterocycles. The van der Waals surface area contributed by atoms with Gasteiger partial charge < -0.3 is 0 Å². The molecule has 2 aromatic carbocycles. The number of hydrogen-bond donors (Lipinski definition) is 0. The summed E-state index contributed by atoms with van der Waals surface area (Å²) in [7, 11) is 0. The van der Waals surface area contributed by atoms with Gasteiger partial charge in [0.05, 0.1) is 9.85 Å². The molecule has 0 aliphatic heterocycles. The molecule has 0 radical (unpaired) electrons. The minimum absolute atomic E-state index is 0.143. The van der Waals surface area contributed by atoms with Crippen molar-refractivity contribution in [2.75, 3.05) is 0 Å². The smallest absolute Gasteiger partial charge is 0.0759 e. The lowest BCUT2D eigenvalue weighted by Crippen LogP contribution is -1.92. The molecule has 0 spiro atoms. The van der Waals surface area contributed by atoms with Gasteiger partial charge in [-0.15, -0.1) is 11.3 Å². The zero-order valence-electron chi connectivity index (χ0n) is 10.4. The minimum atomic E-state index is 0.143. The predicted molar refractivity (Wildman–Crippen MR) is 88.8 cm³/mol. The summed E-state index contributed by atoms with van der Waals surface area (Å²) in [5.41, 5.74) is 2.41. The average molecular weight is 352 g/mol. The highest BCUT2D eigenvalue weighted by molar-refractivity contribution is 9.09. The van der Waals surface area contributed by atoms with Crippen molar-refractivity contribution < 1.29 is 0 Å². The zero-order valence-corrected chi connectivity index (χ0v) is 13.5. The van der Waals surface area contributed by atoms with E-state index >= 15 is 0 Å². The summed E-state index contributed by atoms with van der Waals surface area (Å²) in [6, 6.07) is 14.8. The van der Waals surface area contributed by atoms with E-state index < -0.39 is 0 Å². The van der Waals surface area contributed by atoms with Crippen LogP contribution in [0.2, 0.25) is 5.02 Å². The van der Waals surface area contributed by atoms with E-state index in [1.807, 2.05) is 6.92 Å². The molecule has 0 nitrogen and oxygen atoms in total. The SMILES string of the molecule is Cc1csc(C(Br)c2cccc3ccccc23)c1Cl. The molecule has 3 rings (SSSR count). The van der Waals surface area contributed by atoms with Gasteiger partial charge in [0, 0.05) is 4.88 Å². The van der Waals surface area contributed by atoms with E-state index in [0.29, 0.717) is 0 Å². The summed E-state index contributed by atoms with van der Waals surface area (Å²) in [5.74, 6) is 0. The molecule has 0 saturated carbocycles. The Balaban J connectivity index is 2.17. The van der Waals surface area contributed by atoms with Gasteiger partial charge in [0.25, 0.3) is 0 Å². The quantitative estimate of drug-likeness (QED) is 0.472. The Hall–Kier alpha value is -0.830. The van der Waals surface area contributed by atoms with Crippen LogP contribution >= 0.6 is 38.9 Å². The highest BCUT2D eigenvalue weighted by atomic mass is 79.9. The normalized spacial score (nSPS) is 12.8. The number of rotatable bonds is 2. The fraction of sp³-hybridized carbons (Fsp3) is 0.125. The lowest BCUT2D eigenvalue weighted by atomic mass is 10.0. The third kappa shape index (κ3) is 2.33. The summed E-state index contributed by atoms with van der Waals surface area (Å²) in [5, 5.41) is 5.51. The van der Waals surface area contributed by atoms with Crippen LogP contribution in [0.5, 0.6) is 0 Å². The topological polar surface area (TPSA) is 0 Å². The maximum Gasteiger partial charge on any atom is 0.0759 e. The van der Waals surface area contributed by atoms with Crippen LogP contribution in [0.25, 0.3) is 10.8 Å². The Morgan fingerprint density at radius 1 is 1.11 bits per heavy atom. The van der Waals surface area contributed by atoms with E-state index in [-0.39, 0.29) is 4.83 Å². The van der Waals surface area contributed by atoms with E-state index in [4.69, 9.17) is 11.6 Å². The molecule has 0 saturated heterocycles. The first-order valence-corrected chi connectivity index (χ1v) is 8.21. The van der Waals surface area contributed by atoms with Gasteiger partial charge in [0.15, 0.2) is 0 Å². The number of alkyl halides is 1. The number of halogens is 2. The van der Waals surface area contributed by atoms with Crippen molar-refractivity contribution in [2.45, 2.75) is 11.8 Å². The lowest BCUT2D eigenvalue weighted by molar-refractivity contribution is 1.24. The monoisotopic (exact) mass is 350 g/mol. The minimum Gasteiger partial charge on any atom is -0.145 e. The molecule has 0 fully saturated rings. The van der Waals surface area contributed by atoms with E-state index in [2.05, 4.69) is 63.8 Å². The number of fused-ring (bicyclic) bond motifs is 1. The van der Waals surface area contributed by atoms with E-state index in [9.17, 15) is 0 Å². The highest BCUT2D eigenvalue weighted by Crippen LogP contribution is 2.42. The molecule has 96 valence electrons. The standard InChI is InChI=1S/C16H12BrClS/c1-10-9-19-16(15(10)18)14(17)13-8-4-6-11-5-2-3-7-12(11)13/h2-9,14H,1H3. The number of thiophene rings is 1. The predicted octanol–water partition coefficient (Wildman–Crippen LogP) is 6.35. The van der Waals surface area contributed by atoms with Crippen LogP contribution in [-0.4, -0.2) is 0 Å². The molecule has 3 aromatic rings. The van der Waals surface area contributed by atoms with Crippen molar-refractivity contribution in [3.63, 3.8) is 0 Å². The highest BCUT2D eigenvalue weighted by Gasteiger charge is 2.18. The van der Waals surface area contributed by atoms with E-state index in [0.717, 1.165) is 10.6 Å². The van der Waals surface area contributed by atoms with Gasteiger partial charge in [-0.1, -0.05) is 70.0 Å². The van der Waals surface area contributed by atoms with Crippen molar-refractivity contribution in [1.29, 1.82) is 0 Å². The fourth-order valence-electron chi connectivity index (χ4n) is 2.23. The Labute approximate surface area is 130 Å². The van der Waals surface area contributed by atoms with Gasteiger partial charge in [-0.3, -0.25) is 0 Å². The first kappa shape index (κ1) is 13.2. The van der Waals surface area contributed by atoms with Crippen LogP contribution in [0.3, 0.4) is 0 Å². The molecule has 19 heavy (non-hydrogen) atoms. The van der Waals surface area contributed by atoms with E-state index in [1.165, 1.54) is 21.2 Å². The van der Waals surface area contributed by atoms with Crippen molar-refractivity contribution >= 4 is 49.6 Å². The van der Waals surface area contributed by atoms with Crippen molar-refractivity contribution in [3.05, 3.63) is 68.9 Å². The number of hydrogen-bond acceptors (Lipinski definition) is 1. The Morgan fingerprint density at radius 3 is 2.58 bits per heavy atom. The van der Waals surface area contributed by atoms with Crippen molar-refractivity contribution in [3.8, 4) is 0 Å². The van der Waals surface area contributed by atoms with Crippen LogP contribution in [0.1, 0.15) is 20.8 Å². The molecule has 3 heteroatoms. The van der Waals surface area contributed by atoms with Gasteiger partial charge in [0.2, 0.25) is 0 Å². The van der Waals surface area contributed by atoms with E-state index in [1.54, 1.807) is 11.3 Å². The van der Waals surface area contributed by atoms with Crippen LogP contribution < -0.4 is 0 Å². The fourth-order valence-corrected chi connectivity index (χ4v) is 4.61. The molecule has 1 atom stereocenters. The molecule has 1 aromatic heterocycles. The maximum absolute atomic E-state index is 6.39. The Bertz CT molecular complexity index is 727. The molecule has 0 bridgehead atoms. The summed E-state index contributed by atoms with van der Waals surface area (Å²) in [6.45, 7) is 2.05. The summed E-state index contributed by atoms with van der Waals surface area (Å²) < 4.78 is 0. The Kier molecular flexibility index (Phi) is 3.66. The van der Waals surface area contributed by atoms with Crippen LogP contribution in [-0.2, 0) is 0 Å². The van der Waals surface area contributed by atoms with Gasteiger partial charge in [-0.2, -0.15) is 0 Å². The largest absolute Gasteiger partial charge is 0.145 e. The molecule has 0 aliphatic carbocycles. The lowest BCUT2D eigenvalue weighted by Gasteiger charge is -2.12. The summed E-state index contributed by atoms with van der Waals surface area (Å²) in [6.07, 6.45) is 0. The zero-order chi connectivity index (χ0) is 13.4. The summed E-state index contributed by atoms with van der Waals surface area (Å²) in [4.78, 5) is 1.32. The third-order valence-electron chi connectivity index (χ3n) is 3.25. The molecule has 0 N–H and O–H groups in total. The first-order valence-electron chi connectivity index (χ1n) is 6.03. The van der Waals surface area contributed by atoms with Crippen molar-refractivity contribution in [1.82, 2.24) is 0 Å². The first-order chi connectivity index (χ1) is 9.18. The molecule has 0 aliphatic rings. The van der Waals surface area contributed by atoms with Gasteiger partial charge >= 0.3 is 0 Å². The number of aryl methyl sites for hydroxylation is 1. The average Bonchev–Trinajstić information content (AvgIpc) is 2.78. The van der Waals surface area contributed by atoms with Crippen LogP contribution in [0.15, 0.2) is 47.8 Å². The van der Waals surface area contributed by atoms with Gasteiger partial charge in [-0.05, 0) is 34.2 Å². The second kappa shape index (κ2) is 5.28. The molecular formula is C16H12BrClS. The second-order valence-electron chi connectivity index (χ2n) is 4.53. The maximum atomic E-state index is 6.39. The van der Waals surface area contributed by atoms with Crippen LogP contribution in [0, 0.1) is 6.92 Å². The van der Waals surface area contributed by atoms with Gasteiger partial charge in [-0.25, -0.2) is 0 Å². The summed E-state index contributed by atoms with van der Waals surface area (Å²) >= 11 is 11.9. The van der Waals surface area contributed by atoms with Crippen molar-refractivity contribution in [2.24, 2.45) is 0 Å². The van der Waals surface area contributed by atoms with Gasteiger partial charge in [0.1, 0.15) is 0 Å². The molecular weight excluding hydrogens is 340 g/mol. The second-order valence-corrected chi connectivity index (χ2v) is 6.73. The molecule has 1 unspecified atom stereocenters. The Morgan fingerprint density at radius 2 is 1.84 bits per heavy atom. The number of benzene rings is 2. The molecule has 0 amide bonds. The van der Waals surface area contributed by atoms with Crippen LogP contribution in [0.4, 0.5) is 0 Å².